The Labute approximate surface area is 109 Å². The van der Waals surface area contributed by atoms with Crippen molar-refractivity contribution in [1.82, 2.24) is 10.6 Å². The molecule has 0 radical (unpaired) electrons. The monoisotopic (exact) mass is 256 g/mol. The molecule has 0 aromatic rings. The zero-order valence-corrected chi connectivity index (χ0v) is 11.7. The molecule has 0 aromatic heterocycles. The molecule has 104 valence electrons. The average molecular weight is 256 g/mol. The maximum atomic E-state index is 11.5. The third kappa shape index (κ3) is 6.47. The maximum Gasteiger partial charge on any atom is 0.407 e. The van der Waals surface area contributed by atoms with Gasteiger partial charge in [-0.1, -0.05) is 0 Å². The Bertz CT molecular complexity index is 306. The summed E-state index contributed by atoms with van der Waals surface area (Å²) < 4.78 is 5.07. The third-order valence-electron chi connectivity index (χ3n) is 2.74. The predicted molar refractivity (Wildman–Crippen MR) is 69.2 cm³/mol. The van der Waals surface area contributed by atoms with Gasteiger partial charge in [-0.3, -0.25) is 4.79 Å². The molecule has 0 saturated heterocycles. The lowest BCUT2D eigenvalue weighted by molar-refractivity contribution is -0.121. The molecule has 1 fully saturated rings. The van der Waals surface area contributed by atoms with Gasteiger partial charge < -0.3 is 15.4 Å². The third-order valence-corrected chi connectivity index (χ3v) is 2.74. The van der Waals surface area contributed by atoms with Crippen LogP contribution in [0.2, 0.25) is 0 Å². The van der Waals surface area contributed by atoms with Crippen LogP contribution in [-0.2, 0) is 9.53 Å². The molecule has 5 heteroatoms. The molecule has 1 unspecified atom stereocenters. The van der Waals surface area contributed by atoms with Crippen molar-refractivity contribution in [2.24, 2.45) is 5.92 Å². The van der Waals surface area contributed by atoms with E-state index in [0.717, 1.165) is 0 Å². The molecule has 18 heavy (non-hydrogen) atoms. The molecule has 2 amide bonds. The molecule has 1 saturated carbocycles. The number of rotatable bonds is 5. The Balaban J connectivity index is 2.09. The van der Waals surface area contributed by atoms with E-state index in [0.29, 0.717) is 12.5 Å². The first-order valence-corrected chi connectivity index (χ1v) is 6.54. The second-order valence-corrected chi connectivity index (χ2v) is 5.87. The van der Waals surface area contributed by atoms with Crippen molar-refractivity contribution in [1.29, 1.82) is 0 Å². The van der Waals surface area contributed by atoms with E-state index < -0.39 is 11.7 Å². The molecular weight excluding hydrogens is 232 g/mol. The Kier molecular flexibility index (Phi) is 4.99. The minimum Gasteiger partial charge on any atom is -0.444 e. The largest absolute Gasteiger partial charge is 0.444 e. The van der Waals surface area contributed by atoms with Gasteiger partial charge in [0.1, 0.15) is 5.60 Å². The summed E-state index contributed by atoms with van der Waals surface area (Å²) in [5.74, 6) is 0.623. The normalized spacial score (nSPS) is 16.9. The molecule has 1 rings (SSSR count). The topological polar surface area (TPSA) is 67.4 Å². The summed E-state index contributed by atoms with van der Waals surface area (Å²) in [6, 6.07) is 0.249. The number of ether oxygens (including phenoxy) is 1. The number of alkyl carbamates (subject to hydrolysis) is 1. The van der Waals surface area contributed by atoms with Gasteiger partial charge in [-0.25, -0.2) is 4.79 Å². The quantitative estimate of drug-likeness (QED) is 0.788. The smallest absolute Gasteiger partial charge is 0.407 e. The molecule has 5 nitrogen and oxygen atoms in total. The van der Waals surface area contributed by atoms with E-state index in [1.54, 1.807) is 20.8 Å². The zero-order chi connectivity index (χ0) is 13.8. The molecule has 1 aliphatic carbocycles. The SMILES string of the molecule is CC(NC(=O)CCNC(=O)OC(C)(C)C)C1CC1. The minimum atomic E-state index is -0.507. The fourth-order valence-corrected chi connectivity index (χ4v) is 1.63. The van der Waals surface area contributed by atoms with Crippen molar-refractivity contribution < 1.29 is 14.3 Å². The molecule has 0 aromatic carbocycles. The van der Waals surface area contributed by atoms with Crippen molar-refractivity contribution >= 4 is 12.0 Å². The first-order valence-electron chi connectivity index (χ1n) is 6.54. The number of hydrogen-bond acceptors (Lipinski definition) is 3. The predicted octanol–water partition coefficient (Wildman–Crippen LogP) is 1.82. The Morgan fingerprint density at radius 1 is 1.33 bits per heavy atom. The van der Waals surface area contributed by atoms with Crippen LogP contribution in [0.25, 0.3) is 0 Å². The van der Waals surface area contributed by atoms with Crippen LogP contribution in [0.15, 0.2) is 0 Å². The zero-order valence-electron chi connectivity index (χ0n) is 11.7. The van der Waals surface area contributed by atoms with Gasteiger partial charge >= 0.3 is 6.09 Å². The molecule has 0 bridgehead atoms. The van der Waals surface area contributed by atoms with Crippen LogP contribution in [0, 0.1) is 5.92 Å². The van der Waals surface area contributed by atoms with Crippen LogP contribution in [0.5, 0.6) is 0 Å². The van der Waals surface area contributed by atoms with Gasteiger partial charge in [-0.05, 0) is 46.5 Å². The standard InChI is InChI=1S/C13H24N2O3/c1-9(10-5-6-10)15-11(16)7-8-14-12(17)18-13(2,3)4/h9-10H,5-8H2,1-4H3,(H,14,17)(H,15,16). The van der Waals surface area contributed by atoms with Crippen molar-refractivity contribution in [3.63, 3.8) is 0 Å². The molecule has 0 aliphatic heterocycles. The highest BCUT2D eigenvalue weighted by atomic mass is 16.6. The fourth-order valence-electron chi connectivity index (χ4n) is 1.63. The summed E-state index contributed by atoms with van der Waals surface area (Å²) in [6.45, 7) is 7.73. The molecule has 1 aliphatic rings. The van der Waals surface area contributed by atoms with Gasteiger partial charge in [0.05, 0.1) is 0 Å². The molecule has 2 N–H and O–H groups in total. The van der Waals surface area contributed by atoms with Crippen LogP contribution in [0.1, 0.15) is 47.0 Å². The summed E-state index contributed by atoms with van der Waals surface area (Å²) >= 11 is 0. The van der Waals surface area contributed by atoms with E-state index in [1.807, 2.05) is 6.92 Å². The van der Waals surface area contributed by atoms with Crippen molar-refractivity contribution in [2.45, 2.75) is 58.6 Å². The number of nitrogens with one attached hydrogen (secondary N) is 2. The van der Waals surface area contributed by atoms with Crippen LogP contribution in [-0.4, -0.2) is 30.2 Å². The minimum absolute atomic E-state index is 0.0227. The van der Waals surface area contributed by atoms with Gasteiger partial charge in [0.25, 0.3) is 0 Å². The summed E-state index contributed by atoms with van der Waals surface area (Å²) in [5, 5.41) is 5.50. The van der Waals surface area contributed by atoms with Crippen molar-refractivity contribution in [3.8, 4) is 0 Å². The van der Waals surface area contributed by atoms with Gasteiger partial charge in [0.15, 0.2) is 0 Å². The highest BCUT2D eigenvalue weighted by Gasteiger charge is 2.28. The van der Waals surface area contributed by atoms with Gasteiger partial charge in [-0.2, -0.15) is 0 Å². The van der Waals surface area contributed by atoms with E-state index in [9.17, 15) is 9.59 Å². The van der Waals surface area contributed by atoms with E-state index in [1.165, 1.54) is 12.8 Å². The summed E-state index contributed by atoms with van der Waals surface area (Å²) in [4.78, 5) is 22.9. The molecular formula is C13H24N2O3. The highest BCUT2D eigenvalue weighted by Crippen LogP contribution is 2.32. The van der Waals surface area contributed by atoms with Crippen LogP contribution in [0.4, 0.5) is 4.79 Å². The van der Waals surface area contributed by atoms with Crippen LogP contribution >= 0.6 is 0 Å². The summed E-state index contributed by atoms with van der Waals surface area (Å²) in [5.41, 5.74) is -0.507. The molecule has 1 atom stereocenters. The summed E-state index contributed by atoms with van der Waals surface area (Å²) in [7, 11) is 0. The Morgan fingerprint density at radius 3 is 2.44 bits per heavy atom. The Morgan fingerprint density at radius 2 is 1.94 bits per heavy atom. The van der Waals surface area contributed by atoms with Crippen LogP contribution in [0.3, 0.4) is 0 Å². The second kappa shape index (κ2) is 6.07. The first kappa shape index (κ1) is 14.8. The highest BCUT2D eigenvalue weighted by molar-refractivity contribution is 5.77. The van der Waals surface area contributed by atoms with E-state index >= 15 is 0 Å². The fraction of sp³-hybridized carbons (Fsp3) is 0.846. The number of amides is 2. The van der Waals surface area contributed by atoms with E-state index in [-0.39, 0.29) is 18.4 Å². The van der Waals surface area contributed by atoms with Gasteiger partial charge in [-0.15, -0.1) is 0 Å². The molecule has 0 spiro atoms. The van der Waals surface area contributed by atoms with Crippen molar-refractivity contribution in [2.75, 3.05) is 6.54 Å². The maximum absolute atomic E-state index is 11.5. The van der Waals surface area contributed by atoms with Gasteiger partial charge in [0.2, 0.25) is 5.91 Å². The van der Waals surface area contributed by atoms with Crippen LogP contribution < -0.4 is 10.6 Å². The number of hydrogen-bond donors (Lipinski definition) is 2. The van der Waals surface area contributed by atoms with E-state index in [4.69, 9.17) is 4.74 Å². The van der Waals surface area contributed by atoms with Gasteiger partial charge in [0, 0.05) is 19.0 Å². The lowest BCUT2D eigenvalue weighted by Crippen LogP contribution is -2.38. The van der Waals surface area contributed by atoms with E-state index in [2.05, 4.69) is 10.6 Å². The number of carbonyl (C=O) groups is 2. The average Bonchev–Trinajstić information content (AvgIpc) is 2.96. The first-order chi connectivity index (χ1) is 8.28. The summed E-state index contributed by atoms with van der Waals surface area (Å²) in [6.07, 6.45) is 2.22. The van der Waals surface area contributed by atoms with Crippen molar-refractivity contribution in [3.05, 3.63) is 0 Å². The number of carbonyl (C=O) groups excluding carboxylic acids is 2. The molecule has 0 heterocycles. The Hall–Kier alpha value is -1.26. The lowest BCUT2D eigenvalue weighted by Gasteiger charge is -2.19. The lowest BCUT2D eigenvalue weighted by atomic mass is 10.2. The second-order valence-electron chi connectivity index (χ2n) is 5.87.